The van der Waals surface area contributed by atoms with Crippen molar-refractivity contribution < 1.29 is 0 Å². The number of aryl methyl sites for hydroxylation is 1. The van der Waals surface area contributed by atoms with Crippen LogP contribution in [0.2, 0.25) is 0 Å². The van der Waals surface area contributed by atoms with Gasteiger partial charge in [-0.2, -0.15) is 0 Å². The van der Waals surface area contributed by atoms with Gasteiger partial charge >= 0.3 is 0 Å². The van der Waals surface area contributed by atoms with Crippen LogP contribution in [0.5, 0.6) is 0 Å². The van der Waals surface area contributed by atoms with Gasteiger partial charge in [0, 0.05) is 55.3 Å². The van der Waals surface area contributed by atoms with Gasteiger partial charge in [-0.1, -0.05) is 29.8 Å². The summed E-state index contributed by atoms with van der Waals surface area (Å²) >= 11 is 0. The molecule has 2 aromatic heterocycles. The zero-order valence-electron chi connectivity index (χ0n) is 14.5. The van der Waals surface area contributed by atoms with E-state index >= 15 is 0 Å². The second-order valence-electron chi connectivity index (χ2n) is 6.65. The Morgan fingerprint density at radius 1 is 0.920 bits per heavy atom. The van der Waals surface area contributed by atoms with E-state index in [1.807, 2.05) is 24.5 Å². The van der Waals surface area contributed by atoms with Gasteiger partial charge in [-0.3, -0.25) is 9.88 Å². The largest absolute Gasteiger partial charge is 0.298 e. The van der Waals surface area contributed by atoms with Crippen LogP contribution in [0.15, 0.2) is 55.1 Å². The first-order valence-corrected chi connectivity index (χ1v) is 8.80. The number of rotatable bonds is 3. The second kappa shape index (κ2) is 7.11. The topological polar surface area (TPSA) is 41.9 Å². The van der Waals surface area contributed by atoms with E-state index in [0.29, 0.717) is 0 Å². The molecule has 0 bridgehead atoms. The van der Waals surface area contributed by atoms with Gasteiger partial charge in [-0.05, 0) is 31.0 Å². The maximum absolute atomic E-state index is 4.57. The Bertz CT molecular complexity index is 844. The van der Waals surface area contributed by atoms with Crippen molar-refractivity contribution in [3.05, 3.63) is 77.5 Å². The van der Waals surface area contributed by atoms with E-state index in [9.17, 15) is 0 Å². The molecular weight excluding hydrogens is 308 g/mol. The number of aromatic nitrogens is 3. The van der Waals surface area contributed by atoms with E-state index in [1.54, 1.807) is 6.33 Å². The number of hydrogen-bond acceptors (Lipinski definition) is 4. The lowest BCUT2D eigenvalue weighted by Gasteiger charge is -2.19. The molecule has 0 atom stereocenters. The molecule has 4 nitrogen and oxygen atoms in total. The fraction of sp³-hybridized carbons (Fsp3) is 0.286. The first-order chi connectivity index (χ1) is 12.3. The van der Waals surface area contributed by atoms with Crippen LogP contribution in [0.3, 0.4) is 0 Å². The lowest BCUT2D eigenvalue weighted by atomic mass is 10.0. The Balaban J connectivity index is 1.55. The highest BCUT2D eigenvalue weighted by Crippen LogP contribution is 2.25. The fourth-order valence-corrected chi connectivity index (χ4v) is 3.44. The third kappa shape index (κ3) is 3.59. The average Bonchev–Trinajstić information content (AvgIpc) is 2.87. The monoisotopic (exact) mass is 330 g/mol. The standard InChI is InChI=1S/C21H22N4/c1-16-2-4-17(5-3-16)14-25-12-8-19-20(9-13-25)23-15-24-21(19)18-6-10-22-11-7-18/h2-7,10-11,15H,8-9,12-14H2,1H3. The second-order valence-corrected chi connectivity index (χ2v) is 6.65. The van der Waals surface area contributed by atoms with Crippen molar-refractivity contribution in [1.82, 2.24) is 19.9 Å². The maximum Gasteiger partial charge on any atom is 0.116 e. The molecule has 0 aliphatic carbocycles. The predicted molar refractivity (Wildman–Crippen MR) is 99.1 cm³/mol. The molecule has 0 radical (unpaired) electrons. The minimum Gasteiger partial charge on any atom is -0.298 e. The zero-order chi connectivity index (χ0) is 17.1. The highest BCUT2D eigenvalue weighted by atomic mass is 15.1. The molecule has 0 saturated carbocycles. The van der Waals surface area contributed by atoms with Crippen LogP contribution in [-0.2, 0) is 19.4 Å². The van der Waals surface area contributed by atoms with E-state index in [-0.39, 0.29) is 0 Å². The summed E-state index contributed by atoms with van der Waals surface area (Å²) in [6.45, 7) is 5.19. The average molecular weight is 330 g/mol. The Labute approximate surface area is 148 Å². The molecule has 0 N–H and O–H groups in total. The van der Waals surface area contributed by atoms with Crippen LogP contribution >= 0.6 is 0 Å². The van der Waals surface area contributed by atoms with Gasteiger partial charge in [0.15, 0.2) is 0 Å². The van der Waals surface area contributed by atoms with Gasteiger partial charge in [0.2, 0.25) is 0 Å². The molecular formula is C21H22N4. The third-order valence-electron chi connectivity index (χ3n) is 4.86. The van der Waals surface area contributed by atoms with Crippen molar-refractivity contribution in [2.75, 3.05) is 13.1 Å². The van der Waals surface area contributed by atoms with Crippen molar-refractivity contribution in [2.24, 2.45) is 0 Å². The molecule has 0 amide bonds. The van der Waals surface area contributed by atoms with E-state index in [2.05, 4.69) is 51.0 Å². The summed E-state index contributed by atoms with van der Waals surface area (Å²) in [5.74, 6) is 0. The summed E-state index contributed by atoms with van der Waals surface area (Å²) in [6.07, 6.45) is 7.31. The molecule has 1 aliphatic heterocycles. The summed E-state index contributed by atoms with van der Waals surface area (Å²) in [5.41, 5.74) is 7.35. The quantitative estimate of drug-likeness (QED) is 0.738. The van der Waals surface area contributed by atoms with Gasteiger partial charge in [0.25, 0.3) is 0 Å². The summed E-state index contributed by atoms with van der Waals surface area (Å²) in [7, 11) is 0. The Kier molecular flexibility index (Phi) is 4.53. The Hall–Kier alpha value is -2.59. The van der Waals surface area contributed by atoms with Crippen molar-refractivity contribution >= 4 is 0 Å². The van der Waals surface area contributed by atoms with Crippen molar-refractivity contribution in [3.63, 3.8) is 0 Å². The van der Waals surface area contributed by atoms with E-state index in [4.69, 9.17) is 0 Å². The minimum absolute atomic E-state index is 0.974. The van der Waals surface area contributed by atoms with Crippen LogP contribution in [0.1, 0.15) is 22.4 Å². The van der Waals surface area contributed by atoms with Crippen molar-refractivity contribution in [1.29, 1.82) is 0 Å². The lowest BCUT2D eigenvalue weighted by molar-refractivity contribution is 0.279. The Morgan fingerprint density at radius 2 is 1.68 bits per heavy atom. The number of pyridine rings is 1. The van der Waals surface area contributed by atoms with Crippen molar-refractivity contribution in [2.45, 2.75) is 26.3 Å². The van der Waals surface area contributed by atoms with Gasteiger partial charge in [0.05, 0.1) is 5.69 Å². The maximum atomic E-state index is 4.57. The molecule has 4 rings (SSSR count). The molecule has 126 valence electrons. The van der Waals surface area contributed by atoms with Gasteiger partial charge in [0.1, 0.15) is 6.33 Å². The number of fused-ring (bicyclic) bond motifs is 1. The summed E-state index contributed by atoms with van der Waals surface area (Å²) in [6, 6.07) is 12.9. The Morgan fingerprint density at radius 3 is 2.48 bits per heavy atom. The van der Waals surface area contributed by atoms with Gasteiger partial charge in [-0.25, -0.2) is 9.97 Å². The third-order valence-corrected chi connectivity index (χ3v) is 4.86. The predicted octanol–water partition coefficient (Wildman–Crippen LogP) is 3.45. The molecule has 0 spiro atoms. The molecule has 4 heteroatoms. The van der Waals surface area contributed by atoms with E-state index in [0.717, 1.165) is 43.7 Å². The number of nitrogens with zero attached hydrogens (tertiary/aromatic N) is 4. The van der Waals surface area contributed by atoms with Gasteiger partial charge in [-0.15, -0.1) is 0 Å². The molecule has 0 saturated heterocycles. The minimum atomic E-state index is 0.974. The van der Waals surface area contributed by atoms with Crippen LogP contribution < -0.4 is 0 Å². The molecule has 25 heavy (non-hydrogen) atoms. The highest BCUT2D eigenvalue weighted by Gasteiger charge is 2.19. The van der Waals surface area contributed by atoms with Crippen LogP contribution in [0, 0.1) is 6.92 Å². The highest BCUT2D eigenvalue weighted by molar-refractivity contribution is 5.63. The van der Waals surface area contributed by atoms with E-state index < -0.39 is 0 Å². The normalized spacial score (nSPS) is 14.8. The number of benzene rings is 1. The smallest absolute Gasteiger partial charge is 0.116 e. The molecule has 3 heterocycles. The first kappa shape index (κ1) is 15.9. The molecule has 1 aromatic carbocycles. The fourth-order valence-electron chi connectivity index (χ4n) is 3.44. The summed E-state index contributed by atoms with van der Waals surface area (Å²) in [5, 5.41) is 0. The molecule has 0 unspecified atom stereocenters. The molecule has 0 fully saturated rings. The summed E-state index contributed by atoms with van der Waals surface area (Å²) < 4.78 is 0. The van der Waals surface area contributed by atoms with Crippen LogP contribution in [0.4, 0.5) is 0 Å². The molecule has 1 aliphatic rings. The summed E-state index contributed by atoms with van der Waals surface area (Å²) in [4.78, 5) is 15.8. The zero-order valence-corrected chi connectivity index (χ0v) is 14.5. The SMILES string of the molecule is Cc1ccc(CN2CCc3ncnc(-c4ccncc4)c3CC2)cc1. The number of hydrogen-bond donors (Lipinski definition) is 0. The van der Waals surface area contributed by atoms with E-state index in [1.165, 1.54) is 22.4 Å². The lowest BCUT2D eigenvalue weighted by Crippen LogP contribution is -2.25. The van der Waals surface area contributed by atoms with Crippen LogP contribution in [0.25, 0.3) is 11.3 Å². The first-order valence-electron chi connectivity index (χ1n) is 8.80. The van der Waals surface area contributed by atoms with Gasteiger partial charge < -0.3 is 0 Å². The van der Waals surface area contributed by atoms with Crippen molar-refractivity contribution in [3.8, 4) is 11.3 Å². The molecule has 3 aromatic rings. The van der Waals surface area contributed by atoms with Crippen LogP contribution in [-0.4, -0.2) is 32.9 Å².